The van der Waals surface area contributed by atoms with E-state index in [0.29, 0.717) is 25.0 Å². The summed E-state index contributed by atoms with van der Waals surface area (Å²) in [5, 5.41) is 13.1. The first kappa shape index (κ1) is 23.0. The van der Waals surface area contributed by atoms with Crippen molar-refractivity contribution in [2.75, 3.05) is 18.0 Å². The van der Waals surface area contributed by atoms with E-state index in [1.165, 1.54) is 6.42 Å². The van der Waals surface area contributed by atoms with Gasteiger partial charge in [-0.25, -0.2) is 4.98 Å². The van der Waals surface area contributed by atoms with Crippen molar-refractivity contribution in [2.24, 2.45) is 11.8 Å². The Morgan fingerprint density at radius 3 is 2.68 bits per heavy atom. The van der Waals surface area contributed by atoms with Crippen molar-refractivity contribution in [1.82, 2.24) is 19.7 Å². The number of para-hydroxylation sites is 1. The van der Waals surface area contributed by atoms with Crippen molar-refractivity contribution < 1.29 is 9.15 Å². The molecule has 1 saturated heterocycles. The summed E-state index contributed by atoms with van der Waals surface area (Å²) in [6, 6.07) is 13.8. The Kier molecular flexibility index (Phi) is 7.20. The molecule has 0 radical (unpaired) electrons. The van der Waals surface area contributed by atoms with Gasteiger partial charge in [0.1, 0.15) is 23.1 Å². The zero-order valence-electron chi connectivity index (χ0n) is 19.5. The lowest BCUT2D eigenvalue weighted by molar-refractivity contribution is 0.305. The Hall–Kier alpha value is -2.78. The van der Waals surface area contributed by atoms with Gasteiger partial charge in [0.05, 0.1) is 18.5 Å². The van der Waals surface area contributed by atoms with E-state index in [1.54, 1.807) is 29.4 Å². The third kappa shape index (κ3) is 5.64. The second kappa shape index (κ2) is 10.7. The maximum Gasteiger partial charge on any atom is 0.228 e. The summed E-state index contributed by atoms with van der Waals surface area (Å²) in [6.07, 6.45) is 2.97. The number of rotatable bonds is 9. The van der Waals surface area contributed by atoms with E-state index in [9.17, 15) is 0 Å². The van der Waals surface area contributed by atoms with E-state index in [1.807, 2.05) is 42.5 Å². The van der Waals surface area contributed by atoms with Gasteiger partial charge in [-0.1, -0.05) is 43.8 Å². The predicted octanol–water partition coefficient (Wildman–Crippen LogP) is 5.73. The fourth-order valence-corrected chi connectivity index (χ4v) is 6.06. The van der Waals surface area contributed by atoms with Crippen molar-refractivity contribution in [3.05, 3.63) is 70.6 Å². The number of ether oxygens (including phenoxy) is 1. The molecule has 2 atom stereocenters. The molecule has 7 nitrogen and oxygen atoms in total. The zero-order chi connectivity index (χ0) is 23.3. The smallest absolute Gasteiger partial charge is 0.228 e. The van der Waals surface area contributed by atoms with E-state index in [-0.39, 0.29) is 0 Å². The van der Waals surface area contributed by atoms with Gasteiger partial charge in [-0.3, -0.25) is 4.57 Å². The maximum absolute atomic E-state index is 5.83. The van der Waals surface area contributed by atoms with Crippen LogP contribution in [0.3, 0.4) is 0 Å². The minimum atomic E-state index is 0.476. The average molecular weight is 496 g/mol. The number of hydrogen-bond donors (Lipinski definition) is 0. The molecule has 178 valence electrons. The van der Waals surface area contributed by atoms with Crippen LogP contribution in [-0.2, 0) is 18.9 Å². The SMILES string of the molecule is CC1CC(C)CN(c2nnc(SCc3csc(COc4ccccc4)n3)n2Cc2ccco2)C1. The Labute approximate surface area is 208 Å². The van der Waals surface area contributed by atoms with Gasteiger partial charge in [0.15, 0.2) is 5.16 Å². The predicted molar refractivity (Wildman–Crippen MR) is 135 cm³/mol. The highest BCUT2D eigenvalue weighted by Gasteiger charge is 2.27. The molecule has 34 heavy (non-hydrogen) atoms. The molecule has 4 heterocycles. The van der Waals surface area contributed by atoms with Crippen LogP contribution < -0.4 is 9.64 Å². The highest BCUT2D eigenvalue weighted by molar-refractivity contribution is 7.98. The van der Waals surface area contributed by atoms with E-state index in [0.717, 1.165) is 52.2 Å². The maximum atomic E-state index is 5.83. The Morgan fingerprint density at radius 1 is 1.09 bits per heavy atom. The number of thiazole rings is 1. The number of hydrogen-bond acceptors (Lipinski definition) is 8. The van der Waals surface area contributed by atoms with E-state index < -0.39 is 0 Å². The highest BCUT2D eigenvalue weighted by Crippen LogP contribution is 2.30. The van der Waals surface area contributed by atoms with Gasteiger partial charge in [-0.05, 0) is 42.5 Å². The summed E-state index contributed by atoms with van der Waals surface area (Å²) < 4.78 is 13.7. The quantitative estimate of drug-likeness (QED) is 0.275. The minimum Gasteiger partial charge on any atom is -0.486 e. The van der Waals surface area contributed by atoms with Crippen LogP contribution in [0.2, 0.25) is 0 Å². The molecule has 0 N–H and O–H groups in total. The normalized spacial score (nSPS) is 18.4. The molecular weight excluding hydrogens is 466 g/mol. The van der Waals surface area contributed by atoms with Gasteiger partial charge in [0.25, 0.3) is 0 Å². The number of furan rings is 1. The zero-order valence-corrected chi connectivity index (χ0v) is 21.1. The molecule has 1 aromatic carbocycles. The molecule has 3 aromatic heterocycles. The lowest BCUT2D eigenvalue weighted by atomic mass is 9.92. The molecule has 1 aliphatic rings. The molecule has 9 heteroatoms. The molecule has 1 fully saturated rings. The van der Waals surface area contributed by atoms with Gasteiger partial charge < -0.3 is 14.1 Å². The topological polar surface area (TPSA) is 69.2 Å². The van der Waals surface area contributed by atoms with Crippen molar-refractivity contribution in [3.8, 4) is 5.75 Å². The van der Waals surface area contributed by atoms with Crippen molar-refractivity contribution in [3.63, 3.8) is 0 Å². The molecule has 1 aliphatic heterocycles. The lowest BCUT2D eigenvalue weighted by Gasteiger charge is -2.35. The van der Waals surface area contributed by atoms with Crippen molar-refractivity contribution in [1.29, 1.82) is 0 Å². The molecule has 2 unspecified atom stereocenters. The third-order valence-corrected chi connectivity index (χ3v) is 7.67. The van der Waals surface area contributed by atoms with Crippen LogP contribution in [0.15, 0.2) is 63.7 Å². The first-order chi connectivity index (χ1) is 16.6. The number of benzene rings is 1. The Morgan fingerprint density at radius 2 is 1.91 bits per heavy atom. The fraction of sp³-hybridized carbons (Fsp3) is 0.400. The first-order valence-electron chi connectivity index (χ1n) is 11.6. The summed E-state index contributed by atoms with van der Waals surface area (Å²) in [4.78, 5) is 7.12. The molecule has 5 rings (SSSR count). The van der Waals surface area contributed by atoms with Crippen LogP contribution >= 0.6 is 23.1 Å². The Bertz CT molecular complexity index is 1170. The molecule has 0 saturated carbocycles. The lowest BCUT2D eigenvalue weighted by Crippen LogP contribution is -2.40. The minimum absolute atomic E-state index is 0.476. The van der Waals surface area contributed by atoms with Crippen LogP contribution in [0.1, 0.15) is 36.7 Å². The molecular formula is C25H29N5O2S2. The fourth-order valence-electron chi connectivity index (χ4n) is 4.43. The molecule has 0 spiro atoms. The van der Waals surface area contributed by atoms with Crippen LogP contribution in [-0.4, -0.2) is 32.8 Å². The molecule has 0 bridgehead atoms. The number of aromatic nitrogens is 4. The van der Waals surface area contributed by atoms with E-state index in [2.05, 4.69) is 38.9 Å². The Balaban J connectivity index is 1.28. The van der Waals surface area contributed by atoms with Crippen molar-refractivity contribution in [2.45, 2.75) is 44.3 Å². The highest BCUT2D eigenvalue weighted by atomic mass is 32.2. The summed E-state index contributed by atoms with van der Waals surface area (Å²) >= 11 is 3.29. The van der Waals surface area contributed by atoms with Gasteiger partial charge >= 0.3 is 0 Å². The van der Waals surface area contributed by atoms with Crippen LogP contribution in [0.25, 0.3) is 0 Å². The summed E-state index contributed by atoms with van der Waals surface area (Å²) in [7, 11) is 0. The third-order valence-electron chi connectivity index (χ3n) is 5.80. The van der Waals surface area contributed by atoms with E-state index in [4.69, 9.17) is 14.1 Å². The second-order valence-electron chi connectivity index (χ2n) is 8.92. The number of nitrogens with zero attached hydrogens (tertiary/aromatic N) is 5. The number of piperidine rings is 1. The largest absolute Gasteiger partial charge is 0.486 e. The van der Waals surface area contributed by atoms with E-state index >= 15 is 0 Å². The van der Waals surface area contributed by atoms with Crippen LogP contribution in [0.5, 0.6) is 5.75 Å². The number of thioether (sulfide) groups is 1. The monoisotopic (exact) mass is 495 g/mol. The standard InChI is InChI=1S/C25H29N5O2S2/c1-18-11-19(2)13-29(12-18)24-27-28-25(30(24)14-22-9-6-10-31-22)34-17-20-16-33-23(26-20)15-32-21-7-4-3-5-8-21/h3-10,16,18-19H,11-15,17H2,1-2H3. The van der Waals surface area contributed by atoms with Crippen molar-refractivity contribution >= 4 is 29.0 Å². The molecule has 0 aliphatic carbocycles. The molecule has 4 aromatic rings. The molecule has 0 amide bonds. The summed E-state index contributed by atoms with van der Waals surface area (Å²) in [5.41, 5.74) is 1.02. The van der Waals surface area contributed by atoms with Gasteiger partial charge in [-0.15, -0.1) is 21.5 Å². The van der Waals surface area contributed by atoms with Crippen LogP contribution in [0.4, 0.5) is 5.95 Å². The first-order valence-corrected chi connectivity index (χ1v) is 13.4. The van der Waals surface area contributed by atoms with Gasteiger partial charge in [0, 0.05) is 24.2 Å². The number of anilines is 1. The summed E-state index contributed by atoms with van der Waals surface area (Å²) in [6.45, 7) is 7.72. The van der Waals surface area contributed by atoms with Gasteiger partial charge in [0.2, 0.25) is 5.95 Å². The van der Waals surface area contributed by atoms with Gasteiger partial charge in [-0.2, -0.15) is 0 Å². The van der Waals surface area contributed by atoms with Crippen LogP contribution in [0, 0.1) is 11.8 Å². The second-order valence-corrected chi connectivity index (χ2v) is 10.8. The summed E-state index contributed by atoms with van der Waals surface area (Å²) in [5.74, 6) is 4.68. The average Bonchev–Trinajstić information content (AvgIpc) is 3.59.